The van der Waals surface area contributed by atoms with Crippen LogP contribution in [0.15, 0.2) is 29.2 Å². The van der Waals surface area contributed by atoms with Crippen LogP contribution in [0, 0.1) is 0 Å². The average molecular weight is 253 g/mol. The minimum atomic E-state index is 0.0211. The van der Waals surface area contributed by atoms with Crippen LogP contribution in [0.2, 0.25) is 0 Å². The lowest BCUT2D eigenvalue weighted by Crippen LogP contribution is -2.37. The molecule has 1 aliphatic heterocycles. The van der Waals surface area contributed by atoms with E-state index in [0.29, 0.717) is 11.6 Å². The molecule has 1 saturated heterocycles. The number of carbonyl (C=O) groups is 1. The van der Waals surface area contributed by atoms with Crippen molar-refractivity contribution < 1.29 is 4.79 Å². The zero-order valence-electron chi connectivity index (χ0n) is 8.98. The van der Waals surface area contributed by atoms with Crippen molar-refractivity contribution in [1.82, 2.24) is 5.32 Å². The molecule has 0 aromatic heterocycles. The minimum Gasteiger partial charge on any atom is -0.349 e. The monoisotopic (exact) mass is 253 g/mol. The zero-order chi connectivity index (χ0) is 11.4. The van der Waals surface area contributed by atoms with E-state index in [9.17, 15) is 4.79 Å². The molecular weight excluding hydrogens is 238 g/mol. The van der Waals surface area contributed by atoms with Gasteiger partial charge in [0.25, 0.3) is 5.91 Å². The minimum absolute atomic E-state index is 0.0211. The zero-order valence-corrected chi connectivity index (χ0v) is 10.7. The summed E-state index contributed by atoms with van der Waals surface area (Å²) in [5.74, 6) is 2.32. The summed E-state index contributed by atoms with van der Waals surface area (Å²) >= 11 is 6.19. The van der Waals surface area contributed by atoms with Gasteiger partial charge in [0.1, 0.15) is 0 Å². The number of rotatable bonds is 2. The second-order valence-electron chi connectivity index (χ2n) is 3.91. The molecule has 1 fully saturated rings. The Morgan fingerprint density at radius 3 is 2.81 bits per heavy atom. The van der Waals surface area contributed by atoms with Gasteiger partial charge in [-0.2, -0.15) is 11.8 Å². The fourth-order valence-corrected chi connectivity index (χ4v) is 3.09. The van der Waals surface area contributed by atoms with Gasteiger partial charge < -0.3 is 5.32 Å². The third-order valence-electron chi connectivity index (χ3n) is 2.66. The van der Waals surface area contributed by atoms with E-state index in [1.165, 1.54) is 0 Å². The van der Waals surface area contributed by atoms with Gasteiger partial charge in [-0.05, 0) is 42.5 Å². The first-order valence-electron chi connectivity index (χ1n) is 5.43. The summed E-state index contributed by atoms with van der Waals surface area (Å²) in [4.78, 5) is 12.7. The molecule has 0 radical (unpaired) electrons. The molecule has 86 valence electrons. The van der Waals surface area contributed by atoms with Crippen LogP contribution in [0.4, 0.5) is 0 Å². The Bertz CT molecular complexity index is 375. The lowest BCUT2D eigenvalue weighted by atomic mass is 10.1. The van der Waals surface area contributed by atoms with Crippen LogP contribution in [0.25, 0.3) is 0 Å². The summed E-state index contributed by atoms with van der Waals surface area (Å²) in [6.45, 7) is 0. The highest BCUT2D eigenvalue weighted by molar-refractivity contribution is 7.99. The number of nitrogens with one attached hydrogen (secondary N) is 1. The van der Waals surface area contributed by atoms with Crippen LogP contribution in [0.1, 0.15) is 23.2 Å². The summed E-state index contributed by atoms with van der Waals surface area (Å²) in [6.07, 6.45) is 2.16. The molecule has 1 aromatic rings. The van der Waals surface area contributed by atoms with Crippen molar-refractivity contribution in [2.75, 3.05) is 11.5 Å². The molecule has 0 atom stereocenters. The number of hydrogen-bond donors (Lipinski definition) is 2. The van der Waals surface area contributed by atoms with Gasteiger partial charge in [-0.1, -0.05) is 6.07 Å². The predicted molar refractivity (Wildman–Crippen MR) is 71.5 cm³/mol. The Balaban J connectivity index is 1.97. The summed E-state index contributed by atoms with van der Waals surface area (Å²) < 4.78 is 0. The molecule has 0 bridgehead atoms. The maximum atomic E-state index is 11.9. The number of benzene rings is 1. The molecule has 1 aliphatic rings. The first-order valence-corrected chi connectivity index (χ1v) is 7.03. The predicted octanol–water partition coefficient (Wildman–Crippen LogP) is 2.60. The first-order chi connectivity index (χ1) is 7.75. The molecule has 0 aliphatic carbocycles. The van der Waals surface area contributed by atoms with Gasteiger partial charge in [0.05, 0.1) is 0 Å². The van der Waals surface area contributed by atoms with Gasteiger partial charge >= 0.3 is 0 Å². The standard InChI is InChI=1S/C12H15NOS2/c14-12(9-2-1-3-11(15)8-9)13-10-4-6-16-7-5-10/h1-3,8,10,15H,4-7H2,(H,13,14). The Morgan fingerprint density at radius 2 is 2.12 bits per heavy atom. The van der Waals surface area contributed by atoms with Crippen molar-refractivity contribution in [2.45, 2.75) is 23.8 Å². The molecule has 0 saturated carbocycles. The Labute approximate surface area is 106 Å². The normalized spacial score (nSPS) is 17.1. The van der Waals surface area contributed by atoms with Gasteiger partial charge in [-0.15, -0.1) is 12.6 Å². The van der Waals surface area contributed by atoms with Crippen LogP contribution in [-0.4, -0.2) is 23.5 Å². The van der Waals surface area contributed by atoms with E-state index in [0.717, 1.165) is 29.2 Å². The molecule has 0 unspecified atom stereocenters. The highest BCUT2D eigenvalue weighted by atomic mass is 32.2. The second-order valence-corrected chi connectivity index (χ2v) is 5.65. The van der Waals surface area contributed by atoms with E-state index < -0.39 is 0 Å². The molecule has 0 spiro atoms. The van der Waals surface area contributed by atoms with E-state index in [-0.39, 0.29) is 5.91 Å². The van der Waals surface area contributed by atoms with Crippen molar-refractivity contribution in [1.29, 1.82) is 0 Å². The quantitative estimate of drug-likeness (QED) is 0.793. The van der Waals surface area contributed by atoms with Gasteiger partial charge in [0.2, 0.25) is 0 Å². The molecule has 1 aromatic carbocycles. The third-order valence-corrected chi connectivity index (χ3v) is 3.99. The molecular formula is C12H15NOS2. The maximum Gasteiger partial charge on any atom is 0.251 e. The van der Waals surface area contributed by atoms with Gasteiger partial charge in [-0.3, -0.25) is 4.79 Å². The van der Waals surface area contributed by atoms with E-state index in [1.807, 2.05) is 30.0 Å². The highest BCUT2D eigenvalue weighted by Gasteiger charge is 2.16. The van der Waals surface area contributed by atoms with Crippen LogP contribution < -0.4 is 5.32 Å². The van der Waals surface area contributed by atoms with Crippen molar-refractivity contribution in [3.8, 4) is 0 Å². The van der Waals surface area contributed by atoms with E-state index in [1.54, 1.807) is 6.07 Å². The number of thioether (sulfide) groups is 1. The summed E-state index contributed by atoms with van der Waals surface area (Å²) in [7, 11) is 0. The van der Waals surface area contributed by atoms with Crippen LogP contribution in [-0.2, 0) is 0 Å². The first kappa shape index (κ1) is 11.9. The molecule has 1 heterocycles. The largest absolute Gasteiger partial charge is 0.349 e. The lowest BCUT2D eigenvalue weighted by molar-refractivity contribution is 0.0934. The van der Waals surface area contributed by atoms with Gasteiger partial charge in [-0.25, -0.2) is 0 Å². The molecule has 2 nitrogen and oxygen atoms in total. The van der Waals surface area contributed by atoms with Crippen LogP contribution in [0.5, 0.6) is 0 Å². The second kappa shape index (κ2) is 5.64. The Kier molecular flexibility index (Phi) is 4.18. The SMILES string of the molecule is O=C(NC1CCSCC1)c1cccc(S)c1. The van der Waals surface area contributed by atoms with Crippen molar-refractivity contribution in [3.63, 3.8) is 0 Å². The molecule has 2 rings (SSSR count). The fraction of sp³-hybridized carbons (Fsp3) is 0.417. The highest BCUT2D eigenvalue weighted by Crippen LogP contribution is 2.17. The van der Waals surface area contributed by atoms with Crippen molar-refractivity contribution in [2.24, 2.45) is 0 Å². The summed E-state index contributed by atoms with van der Waals surface area (Å²) in [5, 5.41) is 3.08. The lowest BCUT2D eigenvalue weighted by Gasteiger charge is -2.22. The molecule has 1 N–H and O–H groups in total. The maximum absolute atomic E-state index is 11.9. The summed E-state index contributed by atoms with van der Waals surface area (Å²) in [5.41, 5.74) is 0.700. The Hall–Kier alpha value is -0.610. The molecule has 16 heavy (non-hydrogen) atoms. The van der Waals surface area contributed by atoms with E-state index >= 15 is 0 Å². The van der Waals surface area contributed by atoms with E-state index in [2.05, 4.69) is 17.9 Å². The number of amides is 1. The number of carbonyl (C=O) groups excluding carboxylic acids is 1. The van der Waals surface area contributed by atoms with Crippen molar-refractivity contribution in [3.05, 3.63) is 29.8 Å². The van der Waals surface area contributed by atoms with Gasteiger partial charge in [0.15, 0.2) is 0 Å². The molecule has 1 amide bonds. The van der Waals surface area contributed by atoms with E-state index in [4.69, 9.17) is 0 Å². The average Bonchev–Trinajstić information content (AvgIpc) is 2.30. The van der Waals surface area contributed by atoms with Gasteiger partial charge in [0, 0.05) is 16.5 Å². The fourth-order valence-electron chi connectivity index (χ4n) is 1.76. The van der Waals surface area contributed by atoms with Crippen molar-refractivity contribution >= 4 is 30.3 Å². The number of thiol groups is 1. The molecule has 4 heteroatoms. The van der Waals surface area contributed by atoms with Crippen LogP contribution in [0.3, 0.4) is 0 Å². The van der Waals surface area contributed by atoms with Crippen LogP contribution >= 0.6 is 24.4 Å². The summed E-state index contributed by atoms with van der Waals surface area (Å²) in [6, 6.07) is 7.70. The topological polar surface area (TPSA) is 29.1 Å². The smallest absolute Gasteiger partial charge is 0.251 e. The Morgan fingerprint density at radius 1 is 1.38 bits per heavy atom. The third kappa shape index (κ3) is 3.19. The number of hydrogen-bond acceptors (Lipinski definition) is 3.